The highest BCUT2D eigenvalue weighted by Gasteiger charge is 2.09. The molecule has 0 radical (unpaired) electrons. The van der Waals surface area contributed by atoms with Gasteiger partial charge >= 0.3 is 0 Å². The molecule has 112 valence electrons. The van der Waals surface area contributed by atoms with Gasteiger partial charge in [0.1, 0.15) is 18.2 Å². The third kappa shape index (κ3) is 4.34. The first-order chi connectivity index (χ1) is 10.1. The fourth-order valence-corrected chi connectivity index (χ4v) is 2.34. The topological polar surface area (TPSA) is 21.3 Å². The molecule has 5 heteroatoms. The van der Waals surface area contributed by atoms with Crippen molar-refractivity contribution in [2.45, 2.75) is 20.1 Å². The van der Waals surface area contributed by atoms with Gasteiger partial charge in [-0.15, -0.1) is 0 Å². The van der Waals surface area contributed by atoms with Crippen LogP contribution in [0.4, 0.5) is 4.39 Å². The van der Waals surface area contributed by atoms with E-state index in [0.29, 0.717) is 21.4 Å². The van der Waals surface area contributed by atoms with Crippen molar-refractivity contribution >= 4 is 23.2 Å². The summed E-state index contributed by atoms with van der Waals surface area (Å²) in [5.41, 5.74) is 1.39. The molecule has 0 spiro atoms. The summed E-state index contributed by atoms with van der Waals surface area (Å²) in [6, 6.07) is 10.1. The van der Waals surface area contributed by atoms with Gasteiger partial charge < -0.3 is 10.1 Å². The Hall–Kier alpha value is -1.29. The third-order valence-corrected chi connectivity index (χ3v) is 3.66. The largest absolute Gasteiger partial charge is 0.487 e. The van der Waals surface area contributed by atoms with E-state index >= 15 is 0 Å². The van der Waals surface area contributed by atoms with E-state index in [1.54, 1.807) is 18.2 Å². The van der Waals surface area contributed by atoms with E-state index in [4.69, 9.17) is 27.9 Å². The normalized spacial score (nSPS) is 10.7. The van der Waals surface area contributed by atoms with Crippen LogP contribution in [-0.2, 0) is 13.2 Å². The zero-order chi connectivity index (χ0) is 15.2. The highest BCUT2D eigenvalue weighted by molar-refractivity contribution is 6.32. The molecule has 2 rings (SSSR count). The average Bonchev–Trinajstić information content (AvgIpc) is 2.46. The third-order valence-electron chi connectivity index (χ3n) is 3.01. The monoisotopic (exact) mass is 327 g/mol. The van der Waals surface area contributed by atoms with E-state index in [9.17, 15) is 4.39 Å². The molecule has 0 aliphatic carbocycles. The Morgan fingerprint density at radius 3 is 2.62 bits per heavy atom. The number of hydrogen-bond acceptors (Lipinski definition) is 2. The average molecular weight is 328 g/mol. The molecule has 2 nitrogen and oxygen atoms in total. The second-order valence-electron chi connectivity index (χ2n) is 4.53. The molecule has 0 aromatic heterocycles. The highest BCUT2D eigenvalue weighted by Crippen LogP contribution is 2.28. The zero-order valence-electron chi connectivity index (χ0n) is 11.6. The van der Waals surface area contributed by atoms with Crippen LogP contribution in [-0.4, -0.2) is 6.54 Å². The number of rotatable bonds is 6. The lowest BCUT2D eigenvalue weighted by Gasteiger charge is -2.11. The van der Waals surface area contributed by atoms with Gasteiger partial charge in [0.2, 0.25) is 0 Å². The SMILES string of the molecule is CCNCc1ccc(OCc2c(F)cccc2Cl)c(Cl)c1. The summed E-state index contributed by atoms with van der Waals surface area (Å²) in [5, 5.41) is 4.06. The molecule has 0 saturated heterocycles. The molecular weight excluding hydrogens is 312 g/mol. The number of halogens is 3. The number of nitrogens with one attached hydrogen (secondary N) is 1. The first-order valence-electron chi connectivity index (χ1n) is 6.66. The Morgan fingerprint density at radius 1 is 1.14 bits per heavy atom. The summed E-state index contributed by atoms with van der Waals surface area (Å²) in [6.45, 7) is 3.71. The van der Waals surface area contributed by atoms with Gasteiger partial charge in [0.05, 0.1) is 10.0 Å². The van der Waals surface area contributed by atoms with Gasteiger partial charge in [-0.1, -0.05) is 42.3 Å². The summed E-state index contributed by atoms with van der Waals surface area (Å²) in [4.78, 5) is 0. The summed E-state index contributed by atoms with van der Waals surface area (Å²) >= 11 is 12.1. The lowest BCUT2D eigenvalue weighted by atomic mass is 10.2. The van der Waals surface area contributed by atoms with Gasteiger partial charge in [0, 0.05) is 12.1 Å². The first kappa shape index (κ1) is 16.1. The molecule has 2 aromatic rings. The van der Waals surface area contributed by atoms with Crippen LogP contribution < -0.4 is 10.1 Å². The fraction of sp³-hybridized carbons (Fsp3) is 0.250. The summed E-state index contributed by atoms with van der Waals surface area (Å²) in [5.74, 6) is 0.124. The smallest absolute Gasteiger partial charge is 0.138 e. The quantitative estimate of drug-likeness (QED) is 0.821. The molecular formula is C16H16Cl2FNO. The standard InChI is InChI=1S/C16H16Cl2FNO/c1-2-20-9-11-6-7-16(14(18)8-11)21-10-12-13(17)4-3-5-15(12)19/h3-8,20H,2,9-10H2,1H3. The molecule has 0 atom stereocenters. The maximum Gasteiger partial charge on any atom is 0.138 e. The van der Waals surface area contributed by atoms with Crippen LogP contribution in [0.25, 0.3) is 0 Å². The Bertz CT molecular complexity index is 599. The van der Waals surface area contributed by atoms with Crippen LogP contribution in [0, 0.1) is 5.82 Å². The van der Waals surface area contributed by atoms with E-state index < -0.39 is 0 Å². The van der Waals surface area contributed by atoms with Crippen LogP contribution in [0.15, 0.2) is 36.4 Å². The van der Waals surface area contributed by atoms with Crippen LogP contribution >= 0.6 is 23.2 Å². The second-order valence-corrected chi connectivity index (χ2v) is 5.35. The minimum Gasteiger partial charge on any atom is -0.487 e. The Balaban J connectivity index is 2.06. The number of ether oxygens (including phenoxy) is 1. The highest BCUT2D eigenvalue weighted by atomic mass is 35.5. The van der Waals surface area contributed by atoms with Crippen molar-refractivity contribution in [2.75, 3.05) is 6.54 Å². The van der Waals surface area contributed by atoms with E-state index in [0.717, 1.165) is 18.7 Å². The van der Waals surface area contributed by atoms with Crippen molar-refractivity contribution < 1.29 is 9.13 Å². The van der Waals surface area contributed by atoms with Crippen molar-refractivity contribution in [3.63, 3.8) is 0 Å². The molecule has 0 fully saturated rings. The Labute approximate surface area is 133 Å². The minimum atomic E-state index is -0.387. The van der Waals surface area contributed by atoms with Gasteiger partial charge in [-0.3, -0.25) is 0 Å². The molecule has 0 aliphatic rings. The Morgan fingerprint density at radius 2 is 1.95 bits per heavy atom. The van der Waals surface area contributed by atoms with E-state index in [-0.39, 0.29) is 12.4 Å². The molecule has 0 heterocycles. The summed E-state index contributed by atoms with van der Waals surface area (Å²) in [7, 11) is 0. The van der Waals surface area contributed by atoms with Crippen molar-refractivity contribution in [2.24, 2.45) is 0 Å². The molecule has 0 aliphatic heterocycles. The first-order valence-corrected chi connectivity index (χ1v) is 7.42. The predicted molar refractivity (Wildman–Crippen MR) is 84.6 cm³/mol. The predicted octanol–water partition coefficient (Wildman–Crippen LogP) is 4.82. The fourth-order valence-electron chi connectivity index (χ4n) is 1.86. The molecule has 0 saturated carbocycles. The number of benzene rings is 2. The second kappa shape index (κ2) is 7.64. The number of hydrogen-bond donors (Lipinski definition) is 1. The summed E-state index contributed by atoms with van der Waals surface area (Å²) in [6.07, 6.45) is 0. The van der Waals surface area contributed by atoms with Gasteiger partial charge in [-0.2, -0.15) is 0 Å². The van der Waals surface area contributed by atoms with E-state index in [1.165, 1.54) is 6.07 Å². The van der Waals surface area contributed by atoms with Crippen LogP contribution in [0.2, 0.25) is 10.0 Å². The lowest BCUT2D eigenvalue weighted by Crippen LogP contribution is -2.11. The van der Waals surface area contributed by atoms with Crippen molar-refractivity contribution in [1.29, 1.82) is 0 Å². The minimum absolute atomic E-state index is 0.0395. The van der Waals surface area contributed by atoms with Gasteiger partial charge in [-0.05, 0) is 36.4 Å². The molecule has 2 aromatic carbocycles. The van der Waals surface area contributed by atoms with Crippen molar-refractivity contribution in [3.05, 3.63) is 63.4 Å². The maximum atomic E-state index is 13.7. The summed E-state index contributed by atoms with van der Waals surface area (Å²) < 4.78 is 19.2. The van der Waals surface area contributed by atoms with Crippen LogP contribution in [0.5, 0.6) is 5.75 Å². The Kier molecular flexibility index (Phi) is 5.85. The maximum absolute atomic E-state index is 13.7. The lowest BCUT2D eigenvalue weighted by molar-refractivity contribution is 0.300. The molecule has 21 heavy (non-hydrogen) atoms. The van der Waals surface area contributed by atoms with Gasteiger partial charge in [0.25, 0.3) is 0 Å². The van der Waals surface area contributed by atoms with Gasteiger partial charge in [0.15, 0.2) is 0 Å². The van der Waals surface area contributed by atoms with Crippen molar-refractivity contribution in [1.82, 2.24) is 5.32 Å². The molecule has 0 amide bonds. The van der Waals surface area contributed by atoms with Gasteiger partial charge in [-0.25, -0.2) is 4.39 Å². The van der Waals surface area contributed by atoms with Crippen molar-refractivity contribution in [3.8, 4) is 5.75 Å². The molecule has 0 bridgehead atoms. The van der Waals surface area contributed by atoms with Crippen LogP contribution in [0.1, 0.15) is 18.1 Å². The molecule has 1 N–H and O–H groups in total. The van der Waals surface area contributed by atoms with E-state index in [2.05, 4.69) is 5.32 Å². The zero-order valence-corrected chi connectivity index (χ0v) is 13.1. The molecule has 0 unspecified atom stereocenters. The van der Waals surface area contributed by atoms with Crippen LogP contribution in [0.3, 0.4) is 0 Å². The van der Waals surface area contributed by atoms with E-state index in [1.807, 2.05) is 19.1 Å².